The molecule has 0 saturated carbocycles. The summed E-state index contributed by atoms with van der Waals surface area (Å²) in [6.45, 7) is 2.50. The van der Waals surface area contributed by atoms with Crippen LogP contribution in [0.1, 0.15) is 44.7 Å². The second-order valence-corrected chi connectivity index (χ2v) is 8.43. The second kappa shape index (κ2) is 9.02. The van der Waals surface area contributed by atoms with Gasteiger partial charge in [-0.2, -0.15) is 13.9 Å². The van der Waals surface area contributed by atoms with Gasteiger partial charge in [-0.1, -0.05) is 41.4 Å². The summed E-state index contributed by atoms with van der Waals surface area (Å²) in [5.41, 5.74) is 2.28. The molecule has 0 unspecified atom stereocenters. The predicted molar refractivity (Wildman–Crippen MR) is 118 cm³/mol. The average Bonchev–Trinajstić information content (AvgIpc) is 3.23. The number of carbonyl (C=O) groups excluding carboxylic acids is 1. The van der Waals surface area contributed by atoms with Gasteiger partial charge in [-0.25, -0.2) is 4.39 Å². The third-order valence-corrected chi connectivity index (χ3v) is 5.85. The molecule has 2 aromatic carbocycles. The lowest BCUT2D eigenvalue weighted by Crippen LogP contribution is -2.36. The first-order chi connectivity index (χ1) is 15.7. The molecule has 1 N–H and O–H groups in total. The molecule has 4 rings (SSSR count). The van der Waals surface area contributed by atoms with E-state index in [-0.39, 0.29) is 27.8 Å². The van der Waals surface area contributed by atoms with Crippen molar-refractivity contribution in [2.24, 2.45) is 0 Å². The topological polar surface area (TPSA) is 64.1 Å². The van der Waals surface area contributed by atoms with Crippen molar-refractivity contribution in [1.82, 2.24) is 15.5 Å². The SMILES string of the molecule is Cc1ccc(C(F)(F)CNC(=O)c2c(Oc3cccc(Cl)c3F)nnc3c2CCC3)c(C)c1. The molecular weight excluding hydrogens is 455 g/mol. The summed E-state index contributed by atoms with van der Waals surface area (Å²) in [5.74, 6) is -5.41. The zero-order chi connectivity index (χ0) is 23.8. The Kier molecular flexibility index (Phi) is 6.30. The molecule has 1 aromatic heterocycles. The fraction of sp³-hybridized carbons (Fsp3) is 0.292. The Balaban J connectivity index is 1.63. The van der Waals surface area contributed by atoms with E-state index in [1.807, 2.05) is 6.92 Å². The summed E-state index contributed by atoms with van der Waals surface area (Å²) in [7, 11) is 0. The van der Waals surface area contributed by atoms with Crippen LogP contribution in [-0.2, 0) is 18.8 Å². The molecule has 0 fully saturated rings. The Hall–Kier alpha value is -3.13. The van der Waals surface area contributed by atoms with Crippen molar-refractivity contribution >= 4 is 17.5 Å². The second-order valence-electron chi connectivity index (χ2n) is 8.02. The average molecular weight is 476 g/mol. The standard InChI is InChI=1S/C24H21ClF3N3O2/c1-13-9-10-16(14(2)11-13)24(27,28)12-29-22(32)20-15-5-3-7-18(15)30-31-23(20)33-19-8-4-6-17(25)21(19)26/h4,6,8-11H,3,5,7,12H2,1-2H3,(H,29,32). The van der Waals surface area contributed by atoms with Crippen LogP contribution in [-0.4, -0.2) is 22.6 Å². The molecular formula is C24H21ClF3N3O2. The van der Waals surface area contributed by atoms with Gasteiger partial charge in [0, 0.05) is 5.56 Å². The van der Waals surface area contributed by atoms with Crippen molar-refractivity contribution in [3.05, 3.63) is 80.7 Å². The van der Waals surface area contributed by atoms with Gasteiger partial charge in [-0.15, -0.1) is 5.10 Å². The van der Waals surface area contributed by atoms with Crippen molar-refractivity contribution < 1.29 is 22.7 Å². The fourth-order valence-electron chi connectivity index (χ4n) is 3.96. The van der Waals surface area contributed by atoms with Crippen molar-refractivity contribution in [1.29, 1.82) is 0 Å². The largest absolute Gasteiger partial charge is 0.434 e. The summed E-state index contributed by atoms with van der Waals surface area (Å²) < 4.78 is 49.7. The summed E-state index contributed by atoms with van der Waals surface area (Å²) >= 11 is 5.80. The first kappa shape index (κ1) is 23.0. The van der Waals surface area contributed by atoms with Gasteiger partial charge in [-0.3, -0.25) is 4.79 Å². The zero-order valence-electron chi connectivity index (χ0n) is 18.0. The van der Waals surface area contributed by atoms with Gasteiger partial charge in [-0.05, 0) is 56.4 Å². The third kappa shape index (κ3) is 4.66. The number of benzene rings is 2. The Labute approximate surface area is 193 Å². The predicted octanol–water partition coefficient (Wildman–Crippen LogP) is 5.69. The van der Waals surface area contributed by atoms with Crippen LogP contribution in [0.15, 0.2) is 36.4 Å². The van der Waals surface area contributed by atoms with E-state index in [1.54, 1.807) is 19.1 Å². The molecule has 0 radical (unpaired) electrons. The van der Waals surface area contributed by atoms with Gasteiger partial charge in [0.15, 0.2) is 11.6 Å². The molecule has 33 heavy (non-hydrogen) atoms. The van der Waals surface area contributed by atoms with Crippen LogP contribution < -0.4 is 10.1 Å². The number of rotatable bonds is 6. The number of ether oxygens (including phenoxy) is 1. The van der Waals surface area contributed by atoms with Crippen LogP contribution >= 0.6 is 11.6 Å². The number of halogens is 4. The number of hydrogen-bond donors (Lipinski definition) is 1. The number of nitrogens with one attached hydrogen (secondary N) is 1. The summed E-state index contributed by atoms with van der Waals surface area (Å²) in [6, 6.07) is 8.77. The van der Waals surface area contributed by atoms with Crippen LogP contribution in [0.4, 0.5) is 13.2 Å². The molecule has 0 spiro atoms. The molecule has 172 valence electrons. The van der Waals surface area contributed by atoms with E-state index in [0.29, 0.717) is 29.7 Å². The lowest BCUT2D eigenvalue weighted by atomic mass is 10.00. The van der Waals surface area contributed by atoms with Crippen LogP contribution in [0.5, 0.6) is 11.6 Å². The number of aryl methyl sites for hydroxylation is 3. The molecule has 1 heterocycles. The highest BCUT2D eigenvalue weighted by atomic mass is 35.5. The zero-order valence-corrected chi connectivity index (χ0v) is 18.8. The number of fused-ring (bicyclic) bond motifs is 1. The molecule has 0 bridgehead atoms. The molecule has 3 aromatic rings. The van der Waals surface area contributed by atoms with E-state index in [0.717, 1.165) is 12.0 Å². The molecule has 1 amide bonds. The smallest absolute Gasteiger partial charge is 0.290 e. The Morgan fingerprint density at radius 1 is 1.18 bits per heavy atom. The van der Waals surface area contributed by atoms with Crippen LogP contribution in [0.3, 0.4) is 0 Å². The lowest BCUT2D eigenvalue weighted by molar-refractivity contribution is -0.00311. The first-order valence-electron chi connectivity index (χ1n) is 10.4. The Morgan fingerprint density at radius 2 is 1.97 bits per heavy atom. The highest BCUT2D eigenvalue weighted by Gasteiger charge is 2.35. The quantitative estimate of drug-likeness (QED) is 0.497. The van der Waals surface area contributed by atoms with Crippen molar-refractivity contribution in [3.8, 4) is 11.6 Å². The van der Waals surface area contributed by atoms with Crippen molar-refractivity contribution in [2.45, 2.75) is 39.0 Å². The van der Waals surface area contributed by atoms with Gasteiger partial charge >= 0.3 is 0 Å². The minimum atomic E-state index is -3.29. The molecule has 5 nitrogen and oxygen atoms in total. The van der Waals surface area contributed by atoms with E-state index >= 15 is 0 Å². The van der Waals surface area contributed by atoms with Crippen LogP contribution in [0.25, 0.3) is 0 Å². The molecule has 0 atom stereocenters. The molecule has 0 saturated heterocycles. The van der Waals surface area contributed by atoms with Gasteiger partial charge in [0.05, 0.1) is 17.3 Å². The van der Waals surface area contributed by atoms with E-state index in [2.05, 4.69) is 15.5 Å². The van der Waals surface area contributed by atoms with E-state index < -0.39 is 24.2 Å². The normalized spacial score (nSPS) is 13.0. The summed E-state index contributed by atoms with van der Waals surface area (Å²) in [6.07, 6.45) is 1.85. The maximum atomic E-state index is 14.9. The highest BCUT2D eigenvalue weighted by molar-refractivity contribution is 6.30. The van der Waals surface area contributed by atoms with E-state index in [9.17, 15) is 18.0 Å². The number of hydrogen-bond acceptors (Lipinski definition) is 4. The van der Waals surface area contributed by atoms with Crippen molar-refractivity contribution in [2.75, 3.05) is 6.54 Å². The van der Waals surface area contributed by atoms with Gasteiger partial charge < -0.3 is 10.1 Å². The van der Waals surface area contributed by atoms with Crippen molar-refractivity contribution in [3.63, 3.8) is 0 Å². The number of amides is 1. The minimum Gasteiger partial charge on any atom is -0.434 e. The van der Waals surface area contributed by atoms with Gasteiger partial charge in [0.1, 0.15) is 5.56 Å². The lowest BCUT2D eigenvalue weighted by Gasteiger charge is -2.20. The first-order valence-corrected chi connectivity index (χ1v) is 10.8. The number of nitrogens with zero attached hydrogens (tertiary/aromatic N) is 2. The van der Waals surface area contributed by atoms with E-state index in [4.69, 9.17) is 16.3 Å². The molecule has 1 aliphatic carbocycles. The monoisotopic (exact) mass is 475 g/mol. The minimum absolute atomic E-state index is 0.0201. The van der Waals surface area contributed by atoms with Gasteiger partial charge in [0.25, 0.3) is 17.7 Å². The third-order valence-electron chi connectivity index (χ3n) is 5.56. The Bertz CT molecular complexity index is 1230. The fourth-order valence-corrected chi connectivity index (χ4v) is 4.13. The van der Waals surface area contributed by atoms with Crippen LogP contribution in [0.2, 0.25) is 5.02 Å². The summed E-state index contributed by atoms with van der Waals surface area (Å²) in [4.78, 5) is 13.1. The number of aromatic nitrogens is 2. The summed E-state index contributed by atoms with van der Waals surface area (Å²) in [5, 5.41) is 10.1. The Morgan fingerprint density at radius 3 is 2.73 bits per heavy atom. The maximum absolute atomic E-state index is 14.9. The number of carbonyl (C=O) groups is 1. The number of alkyl halides is 2. The maximum Gasteiger partial charge on any atom is 0.290 e. The van der Waals surface area contributed by atoms with Gasteiger partial charge in [0.2, 0.25) is 0 Å². The molecule has 1 aliphatic rings. The van der Waals surface area contributed by atoms with Crippen LogP contribution in [0, 0.1) is 19.7 Å². The highest BCUT2D eigenvalue weighted by Crippen LogP contribution is 2.34. The van der Waals surface area contributed by atoms with E-state index in [1.165, 1.54) is 24.3 Å². The molecule has 0 aliphatic heterocycles. The molecule has 9 heteroatoms.